The van der Waals surface area contributed by atoms with Gasteiger partial charge in [-0.15, -0.1) is 0 Å². The van der Waals surface area contributed by atoms with Gasteiger partial charge in [-0.05, 0) is 36.8 Å². The molecule has 1 aromatic carbocycles. The van der Waals surface area contributed by atoms with E-state index < -0.39 is 0 Å². The Morgan fingerprint density at radius 3 is 2.26 bits per heavy atom. The number of hydrogen-bond donors (Lipinski definition) is 0. The number of rotatable bonds is 2. The van der Waals surface area contributed by atoms with Gasteiger partial charge in [0.25, 0.3) is 0 Å². The van der Waals surface area contributed by atoms with Crippen molar-refractivity contribution < 1.29 is 0 Å². The largest absolute Gasteiger partial charge is 0.353 e. The summed E-state index contributed by atoms with van der Waals surface area (Å²) in [5, 5.41) is 1.24. The minimum atomic E-state index is 0.974. The first-order valence-electron chi connectivity index (χ1n) is 8.08. The first-order chi connectivity index (χ1) is 11.3. The Bertz CT molecular complexity index is 808. The van der Waals surface area contributed by atoms with Crippen LogP contribution in [0.1, 0.15) is 5.56 Å². The van der Waals surface area contributed by atoms with Gasteiger partial charge < -0.3 is 9.80 Å². The van der Waals surface area contributed by atoms with Crippen molar-refractivity contribution in [3.63, 3.8) is 0 Å². The molecule has 0 N–H and O–H groups in total. The standard InChI is InChI=1S/C19H20N4/c1-15-14-19(21-17-7-3-2-6-16(15)17)23-12-10-22(11-13-23)18-8-4-5-9-20-18/h2-9,14H,10-13H2,1H3. The number of piperazine rings is 1. The fraction of sp³-hybridized carbons (Fsp3) is 0.263. The van der Waals surface area contributed by atoms with E-state index in [1.807, 2.05) is 18.3 Å². The molecular formula is C19H20N4. The van der Waals surface area contributed by atoms with E-state index in [9.17, 15) is 0 Å². The number of aromatic nitrogens is 2. The van der Waals surface area contributed by atoms with Crippen molar-refractivity contribution in [2.75, 3.05) is 36.0 Å². The molecule has 4 nitrogen and oxygen atoms in total. The van der Waals surface area contributed by atoms with Gasteiger partial charge in [-0.2, -0.15) is 0 Å². The van der Waals surface area contributed by atoms with Gasteiger partial charge in [0.05, 0.1) is 5.52 Å². The van der Waals surface area contributed by atoms with E-state index in [1.165, 1.54) is 10.9 Å². The van der Waals surface area contributed by atoms with E-state index in [0.29, 0.717) is 0 Å². The third-order valence-electron chi connectivity index (χ3n) is 4.49. The maximum atomic E-state index is 4.85. The van der Waals surface area contributed by atoms with E-state index in [0.717, 1.165) is 43.3 Å². The quantitative estimate of drug-likeness (QED) is 0.727. The first kappa shape index (κ1) is 14.0. The number of para-hydroxylation sites is 1. The van der Waals surface area contributed by atoms with Crippen molar-refractivity contribution in [3.05, 3.63) is 60.3 Å². The number of hydrogen-bond acceptors (Lipinski definition) is 4. The summed E-state index contributed by atoms with van der Waals surface area (Å²) in [4.78, 5) is 14.0. The number of aryl methyl sites for hydroxylation is 1. The van der Waals surface area contributed by atoms with Crippen LogP contribution in [0.5, 0.6) is 0 Å². The fourth-order valence-corrected chi connectivity index (χ4v) is 3.20. The van der Waals surface area contributed by atoms with E-state index in [2.05, 4.69) is 58.1 Å². The molecule has 1 saturated heterocycles. The van der Waals surface area contributed by atoms with Crippen LogP contribution in [-0.4, -0.2) is 36.1 Å². The Morgan fingerprint density at radius 2 is 1.52 bits per heavy atom. The summed E-state index contributed by atoms with van der Waals surface area (Å²) in [6.45, 7) is 6.06. The molecule has 1 fully saturated rings. The van der Waals surface area contributed by atoms with Crippen molar-refractivity contribution in [1.82, 2.24) is 9.97 Å². The average Bonchev–Trinajstić information content (AvgIpc) is 2.63. The zero-order valence-electron chi connectivity index (χ0n) is 13.3. The molecule has 2 aromatic heterocycles. The number of nitrogens with zero attached hydrogens (tertiary/aromatic N) is 4. The lowest BCUT2D eigenvalue weighted by Gasteiger charge is -2.36. The number of benzene rings is 1. The van der Waals surface area contributed by atoms with Crippen LogP contribution in [0.25, 0.3) is 10.9 Å². The van der Waals surface area contributed by atoms with Crippen molar-refractivity contribution in [1.29, 1.82) is 0 Å². The minimum absolute atomic E-state index is 0.974. The lowest BCUT2D eigenvalue weighted by molar-refractivity contribution is 0.642. The Hall–Kier alpha value is -2.62. The highest BCUT2D eigenvalue weighted by Gasteiger charge is 2.19. The normalized spacial score (nSPS) is 15.2. The Morgan fingerprint density at radius 1 is 0.826 bits per heavy atom. The second kappa shape index (κ2) is 5.88. The van der Waals surface area contributed by atoms with Crippen LogP contribution in [0.3, 0.4) is 0 Å². The Kier molecular flexibility index (Phi) is 3.58. The molecule has 0 bridgehead atoms. The van der Waals surface area contributed by atoms with Gasteiger partial charge in [0.2, 0.25) is 0 Å². The molecule has 0 radical (unpaired) electrons. The molecule has 4 heteroatoms. The Balaban J connectivity index is 1.54. The second-order valence-corrected chi connectivity index (χ2v) is 5.98. The minimum Gasteiger partial charge on any atom is -0.353 e. The molecule has 116 valence electrons. The van der Waals surface area contributed by atoms with E-state index in [-0.39, 0.29) is 0 Å². The van der Waals surface area contributed by atoms with Gasteiger partial charge in [0.1, 0.15) is 11.6 Å². The van der Waals surface area contributed by atoms with Gasteiger partial charge in [-0.25, -0.2) is 9.97 Å². The smallest absolute Gasteiger partial charge is 0.129 e. The molecule has 23 heavy (non-hydrogen) atoms. The van der Waals surface area contributed by atoms with Gasteiger partial charge in [-0.3, -0.25) is 0 Å². The summed E-state index contributed by atoms with van der Waals surface area (Å²) in [5.74, 6) is 2.15. The molecule has 0 saturated carbocycles. The SMILES string of the molecule is Cc1cc(N2CCN(c3ccccn3)CC2)nc2ccccc12. The summed E-state index contributed by atoms with van der Waals surface area (Å²) in [6.07, 6.45) is 1.86. The van der Waals surface area contributed by atoms with E-state index in [4.69, 9.17) is 4.98 Å². The maximum Gasteiger partial charge on any atom is 0.129 e. The van der Waals surface area contributed by atoms with Crippen LogP contribution in [0.15, 0.2) is 54.7 Å². The van der Waals surface area contributed by atoms with E-state index in [1.54, 1.807) is 0 Å². The molecule has 3 aromatic rings. The molecular weight excluding hydrogens is 284 g/mol. The van der Waals surface area contributed by atoms with Crippen molar-refractivity contribution in [3.8, 4) is 0 Å². The highest BCUT2D eigenvalue weighted by atomic mass is 15.3. The lowest BCUT2D eigenvalue weighted by Crippen LogP contribution is -2.47. The van der Waals surface area contributed by atoms with Gasteiger partial charge >= 0.3 is 0 Å². The highest BCUT2D eigenvalue weighted by Crippen LogP contribution is 2.23. The molecule has 3 heterocycles. The van der Waals surface area contributed by atoms with Crippen molar-refractivity contribution in [2.45, 2.75) is 6.92 Å². The topological polar surface area (TPSA) is 32.3 Å². The van der Waals surface area contributed by atoms with Crippen LogP contribution in [0, 0.1) is 6.92 Å². The molecule has 0 aliphatic carbocycles. The number of pyridine rings is 2. The van der Waals surface area contributed by atoms with Crippen LogP contribution in [0.2, 0.25) is 0 Å². The molecule has 0 spiro atoms. The number of fused-ring (bicyclic) bond motifs is 1. The van der Waals surface area contributed by atoms with E-state index >= 15 is 0 Å². The van der Waals surface area contributed by atoms with Crippen LogP contribution < -0.4 is 9.80 Å². The third kappa shape index (κ3) is 2.72. The Labute approximate surface area is 136 Å². The van der Waals surface area contributed by atoms with Crippen LogP contribution in [0.4, 0.5) is 11.6 Å². The highest BCUT2D eigenvalue weighted by molar-refractivity contribution is 5.83. The number of anilines is 2. The van der Waals surface area contributed by atoms with Crippen molar-refractivity contribution >= 4 is 22.5 Å². The average molecular weight is 304 g/mol. The zero-order valence-corrected chi connectivity index (χ0v) is 13.3. The summed E-state index contributed by atoms with van der Waals surface area (Å²) >= 11 is 0. The lowest BCUT2D eigenvalue weighted by atomic mass is 10.1. The monoisotopic (exact) mass is 304 g/mol. The predicted molar refractivity (Wildman–Crippen MR) is 95.1 cm³/mol. The predicted octanol–water partition coefficient (Wildman–Crippen LogP) is 3.26. The molecule has 0 amide bonds. The second-order valence-electron chi connectivity index (χ2n) is 5.98. The molecule has 1 aliphatic rings. The molecule has 0 unspecified atom stereocenters. The fourth-order valence-electron chi connectivity index (χ4n) is 3.20. The van der Waals surface area contributed by atoms with Gasteiger partial charge in [0.15, 0.2) is 0 Å². The van der Waals surface area contributed by atoms with Gasteiger partial charge in [-0.1, -0.05) is 24.3 Å². The first-order valence-corrected chi connectivity index (χ1v) is 8.08. The molecule has 1 aliphatic heterocycles. The van der Waals surface area contributed by atoms with Crippen LogP contribution in [-0.2, 0) is 0 Å². The van der Waals surface area contributed by atoms with Crippen LogP contribution >= 0.6 is 0 Å². The molecule has 4 rings (SSSR count). The van der Waals surface area contributed by atoms with Gasteiger partial charge in [0, 0.05) is 37.8 Å². The maximum absolute atomic E-state index is 4.85. The zero-order chi connectivity index (χ0) is 15.6. The summed E-state index contributed by atoms with van der Waals surface area (Å²) in [7, 11) is 0. The third-order valence-corrected chi connectivity index (χ3v) is 4.49. The summed E-state index contributed by atoms with van der Waals surface area (Å²) in [6, 6.07) is 16.6. The summed E-state index contributed by atoms with van der Waals surface area (Å²) in [5.41, 5.74) is 2.37. The molecule has 0 atom stereocenters. The van der Waals surface area contributed by atoms with Crippen molar-refractivity contribution in [2.24, 2.45) is 0 Å². The summed E-state index contributed by atoms with van der Waals surface area (Å²) < 4.78 is 0.